The molecule has 0 bridgehead atoms. The van der Waals surface area contributed by atoms with Gasteiger partial charge in [0.1, 0.15) is 36.6 Å². The van der Waals surface area contributed by atoms with E-state index in [9.17, 15) is 30.3 Å². The number of carbonyl (C=O) groups is 1. The Morgan fingerprint density at radius 3 is 2.19 bits per heavy atom. The summed E-state index contributed by atoms with van der Waals surface area (Å²) in [7, 11) is 1.32. The second-order valence-electron chi connectivity index (χ2n) is 6.30. The normalized spacial score (nSPS) is 46.8. The molecule has 2 aliphatic heterocycles. The summed E-state index contributed by atoms with van der Waals surface area (Å²) in [5.74, 6) is -0.666. The van der Waals surface area contributed by atoms with Gasteiger partial charge >= 0.3 is 5.97 Å². The topological polar surface area (TPSA) is 164 Å². The number of carbonyl (C=O) groups excluding carboxylic acids is 1. The van der Waals surface area contributed by atoms with Gasteiger partial charge in [-0.2, -0.15) is 0 Å². The molecule has 0 aliphatic carbocycles. The molecule has 0 aromatic rings. The molecule has 5 N–H and O–H groups in total. The van der Waals surface area contributed by atoms with Gasteiger partial charge in [0.15, 0.2) is 18.7 Å². The Kier molecular flexibility index (Phi) is 7.30. The van der Waals surface area contributed by atoms with Gasteiger partial charge in [-0.15, -0.1) is 0 Å². The molecule has 2 rings (SSSR count). The Hall–Kier alpha value is -0.890. The summed E-state index contributed by atoms with van der Waals surface area (Å²) in [5, 5.41) is 49.0. The maximum absolute atomic E-state index is 11.3. The average molecular weight is 382 g/mol. The zero-order chi connectivity index (χ0) is 19.6. The van der Waals surface area contributed by atoms with Crippen LogP contribution in [0.25, 0.3) is 0 Å². The Bertz CT molecular complexity index is 473. The molecule has 2 heterocycles. The summed E-state index contributed by atoms with van der Waals surface area (Å²) >= 11 is 0. The van der Waals surface area contributed by atoms with E-state index in [1.165, 1.54) is 7.11 Å². The molecule has 0 unspecified atom stereocenters. The van der Waals surface area contributed by atoms with E-state index < -0.39 is 74.0 Å². The smallest absolute Gasteiger partial charge is 0.303 e. The van der Waals surface area contributed by atoms with E-state index in [0.717, 1.165) is 6.92 Å². The van der Waals surface area contributed by atoms with E-state index in [0.29, 0.717) is 0 Å². The van der Waals surface area contributed by atoms with Crippen LogP contribution in [0.15, 0.2) is 0 Å². The summed E-state index contributed by atoms with van der Waals surface area (Å²) in [6, 6.07) is 0. The number of methoxy groups -OCH3 is 1. The van der Waals surface area contributed by atoms with Crippen molar-refractivity contribution >= 4 is 5.97 Å². The van der Waals surface area contributed by atoms with Crippen molar-refractivity contribution in [3.05, 3.63) is 0 Å². The summed E-state index contributed by atoms with van der Waals surface area (Å²) < 4.78 is 26.6. The fourth-order valence-corrected chi connectivity index (χ4v) is 3.10. The van der Waals surface area contributed by atoms with Gasteiger partial charge in [0.25, 0.3) is 0 Å². The first-order valence-electron chi connectivity index (χ1n) is 8.20. The van der Waals surface area contributed by atoms with Crippen LogP contribution in [0.5, 0.6) is 0 Å². The number of ether oxygens (including phenoxy) is 5. The molecule has 2 saturated heterocycles. The van der Waals surface area contributed by atoms with Crippen LogP contribution in [-0.4, -0.2) is 107 Å². The monoisotopic (exact) mass is 382 g/mol. The molecule has 2 fully saturated rings. The standard InChI is InChI=1S/C15H26O11/c1-5-11(12(22-3)13(14(21)23-5)24-6(2)17)26-15-10(20)9(19)8(18)7(4-16)25-15/h5,7-16,18-21H,4H2,1-3H3/t5-,7-,8-,9+,10-,11-,12+,13-,14-,15+/m1/s1. The van der Waals surface area contributed by atoms with Gasteiger partial charge in [0.2, 0.25) is 0 Å². The van der Waals surface area contributed by atoms with Gasteiger partial charge in [-0.05, 0) is 6.92 Å². The summed E-state index contributed by atoms with van der Waals surface area (Å²) in [4.78, 5) is 11.3. The molecule has 0 saturated carbocycles. The van der Waals surface area contributed by atoms with Gasteiger partial charge in [-0.3, -0.25) is 4.79 Å². The zero-order valence-corrected chi connectivity index (χ0v) is 14.7. The maximum Gasteiger partial charge on any atom is 0.303 e. The summed E-state index contributed by atoms with van der Waals surface area (Å²) in [6.45, 7) is 2.11. The highest BCUT2D eigenvalue weighted by Gasteiger charge is 2.51. The number of rotatable bonds is 5. The van der Waals surface area contributed by atoms with Crippen LogP contribution in [0.3, 0.4) is 0 Å². The first-order valence-corrected chi connectivity index (χ1v) is 8.20. The average Bonchev–Trinajstić information content (AvgIpc) is 2.58. The minimum atomic E-state index is -1.61. The molecule has 0 spiro atoms. The number of hydrogen-bond donors (Lipinski definition) is 5. The van der Waals surface area contributed by atoms with Crippen LogP contribution < -0.4 is 0 Å². The summed E-state index contributed by atoms with van der Waals surface area (Å²) in [5.41, 5.74) is 0. The number of aliphatic hydroxyl groups is 5. The molecule has 152 valence electrons. The van der Waals surface area contributed by atoms with E-state index in [-0.39, 0.29) is 0 Å². The lowest BCUT2D eigenvalue weighted by Gasteiger charge is -2.46. The fourth-order valence-electron chi connectivity index (χ4n) is 3.10. The molecule has 0 aromatic carbocycles. The lowest BCUT2D eigenvalue weighted by molar-refractivity contribution is -0.353. The van der Waals surface area contributed by atoms with E-state index in [1.54, 1.807) is 6.92 Å². The molecular weight excluding hydrogens is 356 g/mol. The molecule has 11 heteroatoms. The van der Waals surface area contributed by atoms with Crippen LogP contribution >= 0.6 is 0 Å². The minimum absolute atomic E-state index is 0.607. The molecule has 0 aromatic heterocycles. The van der Waals surface area contributed by atoms with Crippen LogP contribution in [-0.2, 0) is 28.5 Å². The van der Waals surface area contributed by atoms with Gasteiger partial charge in [0.05, 0.1) is 12.7 Å². The predicted octanol–water partition coefficient (Wildman–Crippen LogP) is -3.14. The molecule has 11 nitrogen and oxygen atoms in total. The SMILES string of the molecule is CO[C@@H]1[C@@H](OC(C)=O)[C@H](O)O[C@H](C)[C@H]1O[C@@H]1O[C@H](CO)[C@@H](O)[C@H](O)[C@H]1O. The van der Waals surface area contributed by atoms with Crippen molar-refractivity contribution in [3.63, 3.8) is 0 Å². The Morgan fingerprint density at radius 2 is 1.65 bits per heavy atom. The highest BCUT2D eigenvalue weighted by molar-refractivity contribution is 5.66. The van der Waals surface area contributed by atoms with Crippen LogP contribution in [0.4, 0.5) is 0 Å². The van der Waals surface area contributed by atoms with Gasteiger partial charge in [-0.1, -0.05) is 0 Å². The fraction of sp³-hybridized carbons (Fsp3) is 0.933. The predicted molar refractivity (Wildman–Crippen MR) is 81.5 cm³/mol. The second kappa shape index (κ2) is 8.87. The molecule has 0 amide bonds. The third-order valence-corrected chi connectivity index (χ3v) is 4.46. The highest BCUT2D eigenvalue weighted by atomic mass is 16.7. The van der Waals surface area contributed by atoms with E-state index in [2.05, 4.69) is 0 Å². The minimum Gasteiger partial charge on any atom is -0.454 e. The lowest BCUT2D eigenvalue weighted by Crippen LogP contribution is -2.64. The lowest BCUT2D eigenvalue weighted by atomic mass is 9.97. The molecule has 26 heavy (non-hydrogen) atoms. The van der Waals surface area contributed by atoms with Crippen molar-refractivity contribution in [1.82, 2.24) is 0 Å². The van der Waals surface area contributed by atoms with Crippen molar-refractivity contribution in [2.24, 2.45) is 0 Å². The molecular formula is C15H26O11. The third-order valence-electron chi connectivity index (χ3n) is 4.46. The molecule has 10 atom stereocenters. The molecule has 2 aliphatic rings. The molecule has 0 radical (unpaired) electrons. The van der Waals surface area contributed by atoms with E-state index in [4.69, 9.17) is 23.7 Å². The van der Waals surface area contributed by atoms with Crippen molar-refractivity contribution in [2.75, 3.05) is 13.7 Å². The van der Waals surface area contributed by atoms with Crippen molar-refractivity contribution < 1.29 is 54.0 Å². The van der Waals surface area contributed by atoms with Gasteiger partial charge < -0.3 is 49.2 Å². The van der Waals surface area contributed by atoms with E-state index >= 15 is 0 Å². The number of esters is 1. The number of aliphatic hydroxyl groups excluding tert-OH is 5. The van der Waals surface area contributed by atoms with Crippen LogP contribution in [0, 0.1) is 0 Å². The largest absolute Gasteiger partial charge is 0.454 e. The van der Waals surface area contributed by atoms with Gasteiger partial charge in [0, 0.05) is 14.0 Å². The van der Waals surface area contributed by atoms with Crippen molar-refractivity contribution in [1.29, 1.82) is 0 Å². The number of hydrogen-bond acceptors (Lipinski definition) is 11. The Labute approximate surface area is 150 Å². The quantitative estimate of drug-likeness (QED) is 0.305. The van der Waals surface area contributed by atoms with Crippen LogP contribution in [0.1, 0.15) is 13.8 Å². The Morgan fingerprint density at radius 1 is 1.00 bits per heavy atom. The van der Waals surface area contributed by atoms with Crippen LogP contribution in [0.2, 0.25) is 0 Å². The zero-order valence-electron chi connectivity index (χ0n) is 14.7. The first-order chi connectivity index (χ1) is 12.2. The summed E-state index contributed by atoms with van der Waals surface area (Å²) in [6.07, 6.45) is -12.6. The Balaban J connectivity index is 2.17. The maximum atomic E-state index is 11.3. The third kappa shape index (κ3) is 4.32. The highest BCUT2D eigenvalue weighted by Crippen LogP contribution is 2.30. The first kappa shape index (κ1) is 21.4. The second-order valence-corrected chi connectivity index (χ2v) is 6.30. The van der Waals surface area contributed by atoms with Crippen molar-refractivity contribution in [2.45, 2.75) is 75.3 Å². The van der Waals surface area contributed by atoms with Crippen molar-refractivity contribution in [3.8, 4) is 0 Å². The van der Waals surface area contributed by atoms with Gasteiger partial charge in [-0.25, -0.2) is 0 Å². The van der Waals surface area contributed by atoms with E-state index in [1.807, 2.05) is 0 Å².